The predicted octanol–water partition coefficient (Wildman–Crippen LogP) is -0.530. The molecule has 1 unspecified atom stereocenters. The minimum atomic E-state index is -3.71. The lowest BCUT2D eigenvalue weighted by Crippen LogP contribution is -2.31. The van der Waals surface area contributed by atoms with Gasteiger partial charge < -0.3 is 16.6 Å². The Morgan fingerprint density at radius 1 is 1.42 bits per heavy atom. The number of nitrogen functional groups attached to an aromatic ring is 1. The summed E-state index contributed by atoms with van der Waals surface area (Å²) in [5.74, 6) is -1.12. The third kappa shape index (κ3) is 2.49. The van der Waals surface area contributed by atoms with Crippen LogP contribution in [0, 0.1) is 5.92 Å². The first-order valence-corrected chi connectivity index (χ1v) is 7.14. The van der Waals surface area contributed by atoms with Crippen molar-refractivity contribution in [2.75, 3.05) is 18.8 Å². The Morgan fingerprint density at radius 2 is 2.11 bits per heavy atom. The summed E-state index contributed by atoms with van der Waals surface area (Å²) in [4.78, 5) is 11.1. The number of benzene rings is 1. The maximum Gasteiger partial charge on any atom is 0.243 e. The average molecular weight is 285 g/mol. The van der Waals surface area contributed by atoms with Crippen LogP contribution in [0.2, 0.25) is 0 Å². The second-order valence-electron chi connectivity index (χ2n) is 4.47. The van der Waals surface area contributed by atoms with Gasteiger partial charge in [0.05, 0.1) is 16.5 Å². The first-order valence-electron chi connectivity index (χ1n) is 5.70. The SMILES string of the molecule is NC(=O)C1CCN(S(=O)(=O)c2ccc(O)c(N)c2)C1. The van der Waals surface area contributed by atoms with Gasteiger partial charge in [0.25, 0.3) is 0 Å². The predicted molar refractivity (Wildman–Crippen MR) is 68.6 cm³/mol. The van der Waals surface area contributed by atoms with Gasteiger partial charge in [0.1, 0.15) is 5.75 Å². The normalized spacial score (nSPS) is 20.5. The second kappa shape index (κ2) is 4.71. The van der Waals surface area contributed by atoms with Gasteiger partial charge in [0.15, 0.2) is 0 Å². The zero-order chi connectivity index (χ0) is 14.2. The minimum absolute atomic E-state index is 0.00656. The average Bonchev–Trinajstić information content (AvgIpc) is 2.82. The van der Waals surface area contributed by atoms with Crippen molar-refractivity contribution in [3.05, 3.63) is 18.2 Å². The fraction of sp³-hybridized carbons (Fsp3) is 0.364. The van der Waals surface area contributed by atoms with Crippen molar-refractivity contribution >= 4 is 21.6 Å². The van der Waals surface area contributed by atoms with Crippen molar-refractivity contribution < 1.29 is 18.3 Å². The van der Waals surface area contributed by atoms with Crippen LogP contribution in [-0.2, 0) is 14.8 Å². The van der Waals surface area contributed by atoms with E-state index in [1.54, 1.807) is 0 Å². The van der Waals surface area contributed by atoms with Crippen molar-refractivity contribution in [3.63, 3.8) is 0 Å². The highest BCUT2D eigenvalue weighted by molar-refractivity contribution is 7.89. The van der Waals surface area contributed by atoms with E-state index < -0.39 is 21.8 Å². The number of anilines is 1. The number of phenolic OH excluding ortho intramolecular Hbond substituents is 1. The number of sulfonamides is 1. The molecule has 1 aliphatic heterocycles. The maximum absolute atomic E-state index is 12.3. The van der Waals surface area contributed by atoms with Gasteiger partial charge >= 0.3 is 0 Å². The Kier molecular flexibility index (Phi) is 3.38. The van der Waals surface area contributed by atoms with Gasteiger partial charge in [-0.2, -0.15) is 4.31 Å². The quantitative estimate of drug-likeness (QED) is 0.508. The number of hydrogen-bond donors (Lipinski definition) is 3. The fourth-order valence-corrected chi connectivity index (χ4v) is 3.56. The van der Waals surface area contributed by atoms with Crippen LogP contribution >= 0.6 is 0 Å². The first-order chi connectivity index (χ1) is 8.82. The molecule has 5 N–H and O–H groups in total. The summed E-state index contributed by atoms with van der Waals surface area (Å²) in [5, 5.41) is 9.30. The third-order valence-corrected chi connectivity index (χ3v) is 5.05. The lowest BCUT2D eigenvalue weighted by molar-refractivity contribution is -0.121. The van der Waals surface area contributed by atoms with Gasteiger partial charge in [-0.3, -0.25) is 4.79 Å². The number of nitrogens with two attached hydrogens (primary N) is 2. The van der Waals surface area contributed by atoms with Crippen LogP contribution in [0.5, 0.6) is 5.75 Å². The summed E-state index contributed by atoms with van der Waals surface area (Å²) in [6, 6.07) is 3.70. The third-order valence-electron chi connectivity index (χ3n) is 3.19. The van der Waals surface area contributed by atoms with E-state index in [0.29, 0.717) is 6.42 Å². The van der Waals surface area contributed by atoms with Gasteiger partial charge in [0, 0.05) is 13.1 Å². The highest BCUT2D eigenvalue weighted by atomic mass is 32.2. The van der Waals surface area contributed by atoms with Crippen LogP contribution in [0.1, 0.15) is 6.42 Å². The molecule has 1 aromatic rings. The van der Waals surface area contributed by atoms with Crippen LogP contribution in [0.4, 0.5) is 5.69 Å². The summed E-state index contributed by atoms with van der Waals surface area (Å²) in [6.07, 6.45) is 0.419. The number of nitrogens with zero attached hydrogens (tertiary/aromatic N) is 1. The first kappa shape index (κ1) is 13.6. The fourth-order valence-electron chi connectivity index (χ4n) is 2.02. The Morgan fingerprint density at radius 3 is 2.63 bits per heavy atom. The van der Waals surface area contributed by atoms with Crippen LogP contribution < -0.4 is 11.5 Å². The molecule has 1 fully saturated rings. The number of aromatic hydroxyl groups is 1. The molecule has 0 aromatic heterocycles. The molecule has 1 amide bonds. The molecule has 0 spiro atoms. The van der Waals surface area contributed by atoms with Crippen molar-refractivity contribution in [1.29, 1.82) is 0 Å². The molecule has 1 heterocycles. The molecule has 0 aliphatic carbocycles. The van der Waals surface area contributed by atoms with E-state index in [9.17, 15) is 18.3 Å². The van der Waals surface area contributed by atoms with Crippen molar-refractivity contribution in [1.82, 2.24) is 4.31 Å². The Balaban J connectivity index is 2.28. The van der Waals surface area contributed by atoms with Crippen molar-refractivity contribution in [2.45, 2.75) is 11.3 Å². The smallest absolute Gasteiger partial charge is 0.243 e. The molecule has 0 radical (unpaired) electrons. The van der Waals surface area contributed by atoms with Gasteiger partial charge in [0.2, 0.25) is 15.9 Å². The molecule has 0 saturated carbocycles. The molecule has 1 atom stereocenters. The number of hydrogen-bond acceptors (Lipinski definition) is 5. The Bertz CT molecular complexity index is 614. The molecule has 7 nitrogen and oxygen atoms in total. The van der Waals surface area contributed by atoms with Crippen molar-refractivity contribution in [3.8, 4) is 5.75 Å². The molecule has 0 bridgehead atoms. The number of phenols is 1. The van der Waals surface area contributed by atoms with Crippen LogP contribution in [0.15, 0.2) is 23.1 Å². The lowest BCUT2D eigenvalue weighted by atomic mass is 10.1. The van der Waals surface area contributed by atoms with E-state index in [-0.39, 0.29) is 29.4 Å². The molecule has 1 aliphatic rings. The van der Waals surface area contributed by atoms with E-state index in [0.717, 1.165) is 0 Å². The maximum atomic E-state index is 12.3. The van der Waals surface area contributed by atoms with E-state index >= 15 is 0 Å². The molecule has 19 heavy (non-hydrogen) atoms. The number of primary amides is 1. The molecular formula is C11H15N3O4S. The highest BCUT2D eigenvalue weighted by Crippen LogP contribution is 2.28. The highest BCUT2D eigenvalue weighted by Gasteiger charge is 2.35. The number of rotatable bonds is 3. The largest absolute Gasteiger partial charge is 0.506 e. The summed E-state index contributed by atoms with van der Waals surface area (Å²) >= 11 is 0. The van der Waals surface area contributed by atoms with Gasteiger partial charge in [-0.1, -0.05) is 0 Å². The second-order valence-corrected chi connectivity index (χ2v) is 6.41. The van der Waals surface area contributed by atoms with E-state index in [4.69, 9.17) is 11.5 Å². The van der Waals surface area contributed by atoms with Crippen LogP contribution in [-0.4, -0.2) is 36.8 Å². The summed E-state index contributed by atoms with van der Waals surface area (Å²) in [7, 11) is -3.71. The number of amides is 1. The van der Waals surface area contributed by atoms with Gasteiger partial charge in [-0.15, -0.1) is 0 Å². The topological polar surface area (TPSA) is 127 Å². The molecule has 1 saturated heterocycles. The molecule has 2 rings (SSSR count). The lowest BCUT2D eigenvalue weighted by Gasteiger charge is -2.16. The van der Waals surface area contributed by atoms with Crippen molar-refractivity contribution in [2.24, 2.45) is 11.7 Å². The zero-order valence-corrected chi connectivity index (χ0v) is 10.9. The number of carbonyl (C=O) groups is 1. The molecule has 104 valence electrons. The molecule has 1 aromatic carbocycles. The summed E-state index contributed by atoms with van der Waals surface area (Å²) < 4.78 is 25.8. The zero-order valence-electron chi connectivity index (χ0n) is 10.1. The van der Waals surface area contributed by atoms with E-state index in [1.165, 1.54) is 22.5 Å². The van der Waals surface area contributed by atoms with E-state index in [2.05, 4.69) is 0 Å². The number of carbonyl (C=O) groups excluding carboxylic acids is 1. The van der Waals surface area contributed by atoms with Gasteiger partial charge in [-0.05, 0) is 24.6 Å². The van der Waals surface area contributed by atoms with Gasteiger partial charge in [-0.25, -0.2) is 8.42 Å². The monoisotopic (exact) mass is 285 g/mol. The minimum Gasteiger partial charge on any atom is -0.506 e. The summed E-state index contributed by atoms with van der Waals surface area (Å²) in [6.45, 7) is 0.329. The molecule has 8 heteroatoms. The molecular weight excluding hydrogens is 270 g/mol. The van der Waals surface area contributed by atoms with Crippen LogP contribution in [0.25, 0.3) is 0 Å². The summed E-state index contributed by atoms with van der Waals surface area (Å²) in [5.41, 5.74) is 10.6. The van der Waals surface area contributed by atoms with E-state index in [1.807, 2.05) is 0 Å². The Labute approximate surface area is 110 Å². The van der Waals surface area contributed by atoms with Crippen LogP contribution in [0.3, 0.4) is 0 Å². The standard InChI is InChI=1S/C11H15N3O4S/c12-9-5-8(1-2-10(9)15)19(17,18)14-4-3-7(6-14)11(13)16/h1-2,5,7,15H,3-4,6,12H2,(H2,13,16). The Hall–Kier alpha value is -1.80.